The van der Waals surface area contributed by atoms with Gasteiger partial charge in [-0.25, -0.2) is 0 Å². The average Bonchev–Trinajstić information content (AvgIpc) is 3.12. The molecule has 2 unspecified atom stereocenters. The van der Waals surface area contributed by atoms with Crippen molar-refractivity contribution in [2.45, 2.75) is 32.8 Å². The molecular weight excluding hydrogens is 322 g/mol. The van der Waals surface area contributed by atoms with Gasteiger partial charge in [0.1, 0.15) is 5.75 Å². The fourth-order valence-electron chi connectivity index (χ4n) is 2.79. The zero-order chi connectivity index (χ0) is 18.2. The van der Waals surface area contributed by atoms with Gasteiger partial charge in [-0.15, -0.1) is 0 Å². The molecule has 0 aliphatic carbocycles. The number of aryl methyl sites for hydroxylation is 1. The van der Waals surface area contributed by atoms with Gasteiger partial charge in [0.15, 0.2) is 6.61 Å². The molecule has 138 valence electrons. The number of methoxy groups -OCH3 is 1. The maximum Gasteiger partial charge on any atom is 0.310 e. The first-order chi connectivity index (χ1) is 12.0. The molecule has 0 aromatic heterocycles. The number of amides is 1. The summed E-state index contributed by atoms with van der Waals surface area (Å²) in [4.78, 5) is 26.0. The van der Waals surface area contributed by atoms with E-state index >= 15 is 0 Å². The van der Waals surface area contributed by atoms with Crippen LogP contribution in [0.4, 0.5) is 0 Å². The number of carbonyl (C=O) groups excluding carboxylic acids is 2. The second-order valence-corrected chi connectivity index (χ2v) is 6.46. The van der Waals surface area contributed by atoms with Crippen molar-refractivity contribution in [3.8, 4) is 5.75 Å². The minimum Gasteiger partial charge on any atom is -0.484 e. The fraction of sp³-hybridized carbons (Fsp3) is 0.579. The summed E-state index contributed by atoms with van der Waals surface area (Å²) in [7, 11) is 1.35. The lowest BCUT2D eigenvalue weighted by Crippen LogP contribution is -2.43. The van der Waals surface area contributed by atoms with E-state index < -0.39 is 5.92 Å². The number of esters is 1. The van der Waals surface area contributed by atoms with Crippen LogP contribution in [0.3, 0.4) is 0 Å². The lowest BCUT2D eigenvalue weighted by molar-refractivity contribution is -0.147. The first kappa shape index (κ1) is 19.2. The number of ether oxygens (including phenoxy) is 3. The molecule has 1 saturated heterocycles. The van der Waals surface area contributed by atoms with E-state index in [0.29, 0.717) is 18.8 Å². The summed E-state index contributed by atoms with van der Waals surface area (Å²) in [5.41, 5.74) is 1.13. The highest BCUT2D eigenvalue weighted by molar-refractivity contribution is 5.79. The molecule has 6 nitrogen and oxygen atoms in total. The predicted molar refractivity (Wildman–Crippen MR) is 93.4 cm³/mol. The molecular formula is C19H27NO5. The van der Waals surface area contributed by atoms with Crippen LogP contribution in [0, 0.1) is 12.8 Å². The molecule has 1 aromatic rings. The summed E-state index contributed by atoms with van der Waals surface area (Å²) < 4.78 is 16.0. The molecule has 1 amide bonds. The molecule has 6 heteroatoms. The van der Waals surface area contributed by atoms with Crippen LogP contribution >= 0.6 is 0 Å². The predicted octanol–water partition coefficient (Wildman–Crippen LogP) is 2.19. The second kappa shape index (κ2) is 9.42. The SMILES string of the molecule is COC(=O)C(C)CN(CC1CCCO1)C(=O)COc1ccc(C)cc1. The zero-order valence-electron chi connectivity index (χ0n) is 15.2. The maximum atomic E-state index is 12.6. The minimum absolute atomic E-state index is 0.0215. The largest absolute Gasteiger partial charge is 0.484 e. The van der Waals surface area contributed by atoms with Crippen LogP contribution in [-0.2, 0) is 19.1 Å². The lowest BCUT2D eigenvalue weighted by atomic mass is 10.1. The van der Waals surface area contributed by atoms with E-state index in [0.717, 1.165) is 25.0 Å². The first-order valence-electron chi connectivity index (χ1n) is 8.66. The Labute approximate surface area is 149 Å². The summed E-state index contributed by atoms with van der Waals surface area (Å²) in [5.74, 6) is -0.233. The second-order valence-electron chi connectivity index (χ2n) is 6.46. The van der Waals surface area contributed by atoms with Gasteiger partial charge in [0.2, 0.25) is 0 Å². The van der Waals surface area contributed by atoms with Gasteiger partial charge in [-0.1, -0.05) is 24.6 Å². The van der Waals surface area contributed by atoms with Crippen molar-refractivity contribution in [2.75, 3.05) is 33.4 Å². The van der Waals surface area contributed by atoms with E-state index in [2.05, 4.69) is 0 Å². The number of hydrogen-bond acceptors (Lipinski definition) is 5. The molecule has 1 aliphatic rings. The quantitative estimate of drug-likeness (QED) is 0.673. The Kier molecular flexibility index (Phi) is 7.25. The molecule has 2 rings (SSSR count). The molecule has 1 aliphatic heterocycles. The Morgan fingerprint density at radius 1 is 1.32 bits per heavy atom. The third-order valence-electron chi connectivity index (χ3n) is 4.28. The third kappa shape index (κ3) is 6.05. The van der Waals surface area contributed by atoms with Crippen molar-refractivity contribution in [2.24, 2.45) is 5.92 Å². The summed E-state index contributed by atoms with van der Waals surface area (Å²) in [6.45, 7) is 5.16. The molecule has 0 N–H and O–H groups in total. The molecule has 0 radical (unpaired) electrons. The van der Waals surface area contributed by atoms with E-state index in [9.17, 15) is 9.59 Å². The van der Waals surface area contributed by atoms with E-state index in [1.807, 2.05) is 31.2 Å². The van der Waals surface area contributed by atoms with Gasteiger partial charge < -0.3 is 19.1 Å². The Hall–Kier alpha value is -2.08. The van der Waals surface area contributed by atoms with E-state index in [-0.39, 0.29) is 24.6 Å². The number of nitrogens with zero attached hydrogens (tertiary/aromatic N) is 1. The van der Waals surface area contributed by atoms with Crippen LogP contribution in [0.2, 0.25) is 0 Å². The van der Waals surface area contributed by atoms with Crippen LogP contribution in [0.5, 0.6) is 5.75 Å². The summed E-state index contributed by atoms with van der Waals surface area (Å²) >= 11 is 0. The topological polar surface area (TPSA) is 65.1 Å². The van der Waals surface area contributed by atoms with Gasteiger partial charge in [-0.05, 0) is 31.9 Å². The third-order valence-corrected chi connectivity index (χ3v) is 4.28. The van der Waals surface area contributed by atoms with E-state index in [1.54, 1.807) is 11.8 Å². The van der Waals surface area contributed by atoms with Gasteiger partial charge in [0.05, 0.1) is 19.1 Å². The van der Waals surface area contributed by atoms with Crippen molar-refractivity contribution in [3.63, 3.8) is 0 Å². The normalized spacial score (nSPS) is 17.8. The highest BCUT2D eigenvalue weighted by Crippen LogP contribution is 2.16. The molecule has 0 saturated carbocycles. The van der Waals surface area contributed by atoms with Crippen molar-refractivity contribution in [1.29, 1.82) is 0 Å². The zero-order valence-corrected chi connectivity index (χ0v) is 15.2. The monoisotopic (exact) mass is 349 g/mol. The number of carbonyl (C=O) groups is 2. The molecule has 25 heavy (non-hydrogen) atoms. The van der Waals surface area contributed by atoms with Crippen molar-refractivity contribution >= 4 is 11.9 Å². The first-order valence-corrected chi connectivity index (χ1v) is 8.66. The highest BCUT2D eigenvalue weighted by atomic mass is 16.5. The van der Waals surface area contributed by atoms with Gasteiger partial charge in [0, 0.05) is 19.7 Å². The summed E-state index contributed by atoms with van der Waals surface area (Å²) in [6.07, 6.45) is 1.95. The van der Waals surface area contributed by atoms with Crippen LogP contribution < -0.4 is 4.74 Å². The number of benzene rings is 1. The summed E-state index contributed by atoms with van der Waals surface area (Å²) in [6, 6.07) is 7.54. The van der Waals surface area contributed by atoms with E-state index in [4.69, 9.17) is 14.2 Å². The van der Waals surface area contributed by atoms with Crippen LogP contribution in [0.1, 0.15) is 25.3 Å². The molecule has 1 aromatic carbocycles. The summed E-state index contributed by atoms with van der Waals surface area (Å²) in [5, 5.41) is 0. The standard InChI is InChI=1S/C19H27NO5/c1-14-6-8-16(9-7-14)25-13-18(21)20(11-15(2)19(22)23-3)12-17-5-4-10-24-17/h6-9,15,17H,4-5,10-13H2,1-3H3. The minimum atomic E-state index is -0.394. The molecule has 0 spiro atoms. The Morgan fingerprint density at radius 2 is 2.04 bits per heavy atom. The smallest absolute Gasteiger partial charge is 0.310 e. The Morgan fingerprint density at radius 3 is 2.64 bits per heavy atom. The van der Waals surface area contributed by atoms with Gasteiger partial charge in [-0.2, -0.15) is 0 Å². The van der Waals surface area contributed by atoms with Crippen LogP contribution in [0.25, 0.3) is 0 Å². The Balaban J connectivity index is 1.95. The lowest BCUT2D eigenvalue weighted by Gasteiger charge is -2.27. The molecule has 1 fully saturated rings. The van der Waals surface area contributed by atoms with Gasteiger partial charge >= 0.3 is 5.97 Å². The number of hydrogen-bond donors (Lipinski definition) is 0. The van der Waals surface area contributed by atoms with Crippen molar-refractivity contribution < 1.29 is 23.8 Å². The number of rotatable bonds is 8. The van der Waals surface area contributed by atoms with Crippen LogP contribution in [0.15, 0.2) is 24.3 Å². The molecule has 1 heterocycles. The molecule has 2 atom stereocenters. The van der Waals surface area contributed by atoms with Crippen LogP contribution in [-0.4, -0.2) is 56.3 Å². The fourth-order valence-corrected chi connectivity index (χ4v) is 2.79. The van der Waals surface area contributed by atoms with Crippen molar-refractivity contribution in [3.05, 3.63) is 29.8 Å². The van der Waals surface area contributed by atoms with Gasteiger partial charge in [-0.3, -0.25) is 9.59 Å². The maximum absolute atomic E-state index is 12.6. The highest BCUT2D eigenvalue weighted by Gasteiger charge is 2.26. The van der Waals surface area contributed by atoms with Gasteiger partial charge in [0.25, 0.3) is 5.91 Å². The Bertz CT molecular complexity index is 566. The molecule has 0 bridgehead atoms. The average molecular weight is 349 g/mol. The van der Waals surface area contributed by atoms with Crippen molar-refractivity contribution in [1.82, 2.24) is 4.90 Å². The van der Waals surface area contributed by atoms with E-state index in [1.165, 1.54) is 7.11 Å².